The lowest BCUT2D eigenvalue weighted by Crippen LogP contribution is -2.32. The van der Waals surface area contributed by atoms with E-state index in [1.165, 1.54) is 7.11 Å². The van der Waals surface area contributed by atoms with Gasteiger partial charge in [-0.25, -0.2) is 9.59 Å². The van der Waals surface area contributed by atoms with E-state index in [2.05, 4.69) is 22.1 Å². The summed E-state index contributed by atoms with van der Waals surface area (Å²) in [4.78, 5) is 26.5. The molecule has 0 radical (unpaired) electrons. The number of hydrogen-bond donors (Lipinski definition) is 2. The second kappa shape index (κ2) is 7.75. The monoisotopic (exact) mass is 342 g/mol. The number of hydrogen-bond acceptors (Lipinski definition) is 4. The lowest BCUT2D eigenvalue weighted by atomic mass is 10.1. The van der Waals surface area contributed by atoms with Gasteiger partial charge in [-0.2, -0.15) is 0 Å². The van der Waals surface area contributed by atoms with E-state index in [0.29, 0.717) is 24.1 Å². The topological polar surface area (TPSA) is 80.4 Å². The van der Waals surface area contributed by atoms with Gasteiger partial charge in [-0.3, -0.25) is 0 Å². The first-order chi connectivity index (χ1) is 11.8. The molecular formula is C19H22N2O4. The van der Waals surface area contributed by atoms with Gasteiger partial charge in [0, 0.05) is 35.6 Å². The first-order valence-electron chi connectivity index (χ1n) is 7.95. The van der Waals surface area contributed by atoms with Crippen LogP contribution in [0.1, 0.15) is 43.1 Å². The Morgan fingerprint density at radius 1 is 1.28 bits per heavy atom. The van der Waals surface area contributed by atoms with E-state index in [4.69, 9.17) is 9.47 Å². The zero-order valence-corrected chi connectivity index (χ0v) is 14.9. The summed E-state index contributed by atoms with van der Waals surface area (Å²) < 4.78 is 9.96. The Labute approximate surface area is 146 Å². The van der Waals surface area contributed by atoms with Crippen molar-refractivity contribution in [3.8, 4) is 11.8 Å². The van der Waals surface area contributed by atoms with Gasteiger partial charge in [0.1, 0.15) is 5.60 Å². The van der Waals surface area contributed by atoms with Gasteiger partial charge >= 0.3 is 12.1 Å². The van der Waals surface area contributed by atoms with E-state index in [9.17, 15) is 9.59 Å². The van der Waals surface area contributed by atoms with Crippen LogP contribution < -0.4 is 5.32 Å². The van der Waals surface area contributed by atoms with Crippen LogP contribution in [0.2, 0.25) is 0 Å². The number of rotatable bonds is 3. The van der Waals surface area contributed by atoms with Gasteiger partial charge in [0.2, 0.25) is 0 Å². The van der Waals surface area contributed by atoms with Crippen molar-refractivity contribution >= 4 is 23.0 Å². The lowest BCUT2D eigenvalue weighted by molar-refractivity contribution is 0.0527. The van der Waals surface area contributed by atoms with Gasteiger partial charge < -0.3 is 19.8 Å². The highest BCUT2D eigenvalue weighted by Crippen LogP contribution is 2.20. The zero-order valence-electron chi connectivity index (χ0n) is 14.9. The number of esters is 1. The molecule has 1 amide bonds. The summed E-state index contributed by atoms with van der Waals surface area (Å²) in [6.45, 7) is 5.81. The van der Waals surface area contributed by atoms with Crippen molar-refractivity contribution in [1.29, 1.82) is 0 Å². The third kappa shape index (κ3) is 5.28. The summed E-state index contributed by atoms with van der Waals surface area (Å²) in [5.74, 6) is 5.57. The number of carbonyl (C=O) groups excluding carboxylic acids is 2. The van der Waals surface area contributed by atoms with Crippen molar-refractivity contribution in [3.63, 3.8) is 0 Å². The molecule has 6 heteroatoms. The van der Waals surface area contributed by atoms with E-state index >= 15 is 0 Å². The number of ether oxygens (including phenoxy) is 2. The second-order valence-electron chi connectivity index (χ2n) is 6.43. The molecule has 2 N–H and O–H groups in total. The van der Waals surface area contributed by atoms with Crippen LogP contribution in [-0.4, -0.2) is 36.3 Å². The van der Waals surface area contributed by atoms with Crippen molar-refractivity contribution in [2.45, 2.75) is 32.8 Å². The van der Waals surface area contributed by atoms with Gasteiger partial charge in [0.25, 0.3) is 0 Å². The minimum atomic E-state index is -0.522. The minimum absolute atomic E-state index is 0.385. The summed E-state index contributed by atoms with van der Waals surface area (Å²) in [6, 6.07) is 5.40. The molecule has 132 valence electrons. The summed E-state index contributed by atoms with van der Waals surface area (Å²) in [5.41, 5.74) is 1.47. The van der Waals surface area contributed by atoms with Crippen molar-refractivity contribution in [2.24, 2.45) is 0 Å². The number of aromatic nitrogens is 1. The van der Waals surface area contributed by atoms with Crippen LogP contribution in [0.3, 0.4) is 0 Å². The Morgan fingerprint density at radius 2 is 2.04 bits per heavy atom. The summed E-state index contributed by atoms with van der Waals surface area (Å²) >= 11 is 0. The highest BCUT2D eigenvalue weighted by molar-refractivity contribution is 6.04. The number of carbonyl (C=O) groups is 2. The van der Waals surface area contributed by atoms with Crippen LogP contribution >= 0.6 is 0 Å². The first kappa shape index (κ1) is 18.4. The molecule has 1 aromatic heterocycles. The number of alkyl carbamates (subject to hydrolysis) is 1. The minimum Gasteiger partial charge on any atom is -0.465 e. The van der Waals surface area contributed by atoms with Gasteiger partial charge in [-0.05, 0) is 39.0 Å². The maximum Gasteiger partial charge on any atom is 0.407 e. The number of methoxy groups -OCH3 is 1. The molecular weight excluding hydrogens is 320 g/mol. The number of benzene rings is 1. The number of nitrogens with one attached hydrogen (secondary N) is 2. The van der Waals surface area contributed by atoms with E-state index in [0.717, 1.165) is 10.9 Å². The highest BCUT2D eigenvalue weighted by atomic mass is 16.6. The first-order valence-corrected chi connectivity index (χ1v) is 7.95. The molecule has 0 saturated carbocycles. The standard InChI is InChI=1S/C19H22N2O4/c1-19(2,3)25-18(23)21-9-6-5-7-13-11-15(17(22)24-4)14-8-10-20-16(14)12-13/h8,10-12,20H,6,9H2,1-4H3,(H,21,23). The molecule has 0 saturated heterocycles. The lowest BCUT2D eigenvalue weighted by Gasteiger charge is -2.19. The van der Waals surface area contributed by atoms with Gasteiger partial charge in [0.15, 0.2) is 0 Å². The zero-order chi connectivity index (χ0) is 18.4. The molecule has 6 nitrogen and oxygen atoms in total. The largest absolute Gasteiger partial charge is 0.465 e. The average molecular weight is 342 g/mol. The molecule has 0 aliphatic heterocycles. The molecule has 0 fully saturated rings. The van der Waals surface area contributed by atoms with Crippen molar-refractivity contribution in [3.05, 3.63) is 35.5 Å². The van der Waals surface area contributed by atoms with Crippen LogP contribution in [0.5, 0.6) is 0 Å². The fraction of sp³-hybridized carbons (Fsp3) is 0.368. The second-order valence-corrected chi connectivity index (χ2v) is 6.43. The summed E-state index contributed by atoms with van der Waals surface area (Å²) in [5, 5.41) is 3.44. The van der Waals surface area contributed by atoms with Crippen LogP contribution in [-0.2, 0) is 9.47 Å². The number of H-pyrrole nitrogens is 1. The normalized spacial score (nSPS) is 10.7. The summed E-state index contributed by atoms with van der Waals surface area (Å²) in [6.07, 6.45) is 1.77. The Balaban J connectivity index is 2.01. The van der Waals surface area contributed by atoms with Crippen molar-refractivity contribution in [2.75, 3.05) is 13.7 Å². The highest BCUT2D eigenvalue weighted by Gasteiger charge is 2.15. The Bertz CT molecular complexity index is 834. The molecule has 0 bridgehead atoms. The fourth-order valence-electron chi connectivity index (χ4n) is 2.22. The smallest absolute Gasteiger partial charge is 0.407 e. The van der Waals surface area contributed by atoms with Crippen LogP contribution in [0.4, 0.5) is 4.79 Å². The molecule has 2 rings (SSSR count). The number of aromatic amines is 1. The third-order valence-corrected chi connectivity index (χ3v) is 3.23. The molecule has 0 atom stereocenters. The molecule has 25 heavy (non-hydrogen) atoms. The average Bonchev–Trinajstić information content (AvgIpc) is 2.99. The van der Waals surface area contributed by atoms with Crippen LogP contribution in [0.15, 0.2) is 24.4 Å². The molecule has 2 aromatic rings. The van der Waals surface area contributed by atoms with Gasteiger partial charge in [0.05, 0.1) is 12.7 Å². The molecule has 0 spiro atoms. The quantitative estimate of drug-likeness (QED) is 0.510. The SMILES string of the molecule is COC(=O)c1cc(C#CCCNC(=O)OC(C)(C)C)cc2[nH]ccc12. The maximum atomic E-state index is 11.9. The Morgan fingerprint density at radius 3 is 2.72 bits per heavy atom. The van der Waals surface area contributed by atoms with Gasteiger partial charge in [-0.1, -0.05) is 11.8 Å². The van der Waals surface area contributed by atoms with Crippen LogP contribution in [0, 0.1) is 11.8 Å². The number of fused-ring (bicyclic) bond motifs is 1. The molecule has 0 aliphatic rings. The van der Waals surface area contributed by atoms with Crippen LogP contribution in [0.25, 0.3) is 10.9 Å². The molecule has 1 aromatic carbocycles. The van der Waals surface area contributed by atoms with E-state index in [1.54, 1.807) is 12.3 Å². The van der Waals surface area contributed by atoms with Gasteiger partial charge in [-0.15, -0.1) is 0 Å². The van der Waals surface area contributed by atoms with E-state index in [-0.39, 0.29) is 0 Å². The summed E-state index contributed by atoms with van der Waals surface area (Å²) in [7, 11) is 1.35. The number of amides is 1. The molecule has 0 unspecified atom stereocenters. The Kier molecular flexibility index (Phi) is 5.71. The molecule has 1 heterocycles. The Hall–Kier alpha value is -2.94. The van der Waals surface area contributed by atoms with E-state index < -0.39 is 17.7 Å². The predicted molar refractivity (Wildman–Crippen MR) is 95.4 cm³/mol. The predicted octanol–water partition coefficient (Wildman–Crippen LogP) is 3.22. The van der Waals surface area contributed by atoms with E-state index in [1.807, 2.05) is 32.9 Å². The third-order valence-electron chi connectivity index (χ3n) is 3.23. The maximum absolute atomic E-state index is 11.9. The molecule has 0 aliphatic carbocycles. The van der Waals surface area contributed by atoms with Crippen molar-refractivity contribution in [1.82, 2.24) is 10.3 Å². The fourth-order valence-corrected chi connectivity index (χ4v) is 2.22. The van der Waals surface area contributed by atoms with Crippen molar-refractivity contribution < 1.29 is 19.1 Å².